The highest BCUT2D eigenvalue weighted by Crippen LogP contribution is 2.47. The van der Waals surface area contributed by atoms with Gasteiger partial charge in [0, 0.05) is 22.8 Å². The quantitative estimate of drug-likeness (QED) is 0.814. The third-order valence-corrected chi connectivity index (χ3v) is 4.33. The zero-order valence-corrected chi connectivity index (χ0v) is 13.6. The molecule has 0 radical (unpaired) electrons. The van der Waals surface area contributed by atoms with Crippen molar-refractivity contribution >= 4 is 29.1 Å². The Morgan fingerprint density at radius 1 is 1.08 bits per heavy atom. The summed E-state index contributed by atoms with van der Waals surface area (Å²) < 4.78 is 13.6. The highest BCUT2D eigenvalue weighted by atomic mass is 35.5. The minimum absolute atomic E-state index is 0.0533. The topological polar surface area (TPSA) is 58.2 Å². The molecular weight excluding hydrogens is 331 g/mol. The van der Waals surface area contributed by atoms with Crippen LogP contribution in [0.15, 0.2) is 48.5 Å². The molecule has 0 bridgehead atoms. The number of carbonyl (C=O) groups is 2. The van der Waals surface area contributed by atoms with Crippen LogP contribution in [0.1, 0.15) is 18.4 Å². The van der Waals surface area contributed by atoms with E-state index < -0.39 is 5.41 Å². The van der Waals surface area contributed by atoms with E-state index in [4.69, 9.17) is 11.6 Å². The van der Waals surface area contributed by atoms with E-state index in [2.05, 4.69) is 10.6 Å². The van der Waals surface area contributed by atoms with Gasteiger partial charge in [-0.15, -0.1) is 0 Å². The van der Waals surface area contributed by atoms with E-state index in [-0.39, 0.29) is 24.2 Å². The van der Waals surface area contributed by atoms with Gasteiger partial charge < -0.3 is 10.6 Å². The van der Waals surface area contributed by atoms with Crippen molar-refractivity contribution < 1.29 is 14.0 Å². The molecule has 2 aromatic rings. The van der Waals surface area contributed by atoms with Gasteiger partial charge in [-0.05, 0) is 37.1 Å². The minimum atomic E-state index is -1.08. The zero-order chi connectivity index (χ0) is 17.2. The third kappa shape index (κ3) is 3.41. The van der Waals surface area contributed by atoms with Gasteiger partial charge in [-0.1, -0.05) is 35.9 Å². The van der Waals surface area contributed by atoms with E-state index >= 15 is 0 Å². The van der Waals surface area contributed by atoms with E-state index in [1.807, 2.05) is 0 Å². The van der Waals surface area contributed by atoms with E-state index in [0.717, 1.165) is 0 Å². The van der Waals surface area contributed by atoms with Crippen LogP contribution in [0.25, 0.3) is 0 Å². The second kappa shape index (κ2) is 6.61. The van der Waals surface area contributed by atoms with Gasteiger partial charge in [0.2, 0.25) is 11.8 Å². The Hall–Kier alpha value is -2.40. The molecule has 24 heavy (non-hydrogen) atoms. The van der Waals surface area contributed by atoms with Gasteiger partial charge >= 0.3 is 0 Å². The lowest BCUT2D eigenvalue weighted by Gasteiger charge is -2.16. The lowest BCUT2D eigenvalue weighted by molar-refractivity contribution is -0.134. The first-order valence-electron chi connectivity index (χ1n) is 7.60. The number of anilines is 1. The fourth-order valence-corrected chi connectivity index (χ4v) is 2.68. The van der Waals surface area contributed by atoms with Crippen LogP contribution < -0.4 is 10.6 Å². The first kappa shape index (κ1) is 16.5. The van der Waals surface area contributed by atoms with Crippen LogP contribution in [0, 0.1) is 11.2 Å². The van der Waals surface area contributed by atoms with Gasteiger partial charge in [0.05, 0.1) is 0 Å². The summed E-state index contributed by atoms with van der Waals surface area (Å²) in [6.45, 7) is 0.0533. The van der Waals surface area contributed by atoms with E-state index in [1.54, 1.807) is 42.5 Å². The van der Waals surface area contributed by atoms with Crippen LogP contribution in [0.2, 0.25) is 5.02 Å². The summed E-state index contributed by atoms with van der Waals surface area (Å²) >= 11 is 5.89. The molecule has 3 rings (SSSR count). The Morgan fingerprint density at radius 3 is 2.50 bits per heavy atom. The van der Waals surface area contributed by atoms with Gasteiger partial charge in [0.25, 0.3) is 0 Å². The molecule has 4 nitrogen and oxygen atoms in total. The molecule has 6 heteroatoms. The summed E-state index contributed by atoms with van der Waals surface area (Å²) in [7, 11) is 0. The number of amides is 2. The van der Waals surface area contributed by atoms with E-state index in [1.165, 1.54) is 6.07 Å². The standard InChI is InChI=1S/C18H16ClFN2O2/c19-13-5-3-6-14(10-13)22-17(24)18(8-9-18)16(23)21-11-12-4-1-2-7-15(12)20/h1-7,10H,8-9,11H2,(H,21,23)(H,22,24). The molecule has 0 unspecified atom stereocenters. The Bertz CT molecular complexity index is 790. The van der Waals surface area contributed by atoms with Gasteiger partial charge in [0.1, 0.15) is 11.2 Å². The fourth-order valence-electron chi connectivity index (χ4n) is 2.49. The molecule has 0 atom stereocenters. The third-order valence-electron chi connectivity index (χ3n) is 4.10. The van der Waals surface area contributed by atoms with Crippen LogP contribution >= 0.6 is 11.6 Å². The lowest BCUT2D eigenvalue weighted by Crippen LogP contribution is -2.39. The van der Waals surface area contributed by atoms with E-state index in [0.29, 0.717) is 29.1 Å². The SMILES string of the molecule is O=C(NCc1ccccc1F)C1(C(=O)Nc2cccc(Cl)c2)CC1. The van der Waals surface area contributed by atoms with Crippen molar-refractivity contribution in [3.8, 4) is 0 Å². The van der Waals surface area contributed by atoms with Gasteiger partial charge in [0.15, 0.2) is 0 Å². The van der Waals surface area contributed by atoms with Crippen LogP contribution in [0.5, 0.6) is 0 Å². The summed E-state index contributed by atoms with van der Waals surface area (Å²) in [5, 5.41) is 5.87. The van der Waals surface area contributed by atoms with Gasteiger partial charge in [-0.3, -0.25) is 9.59 Å². The molecule has 0 aliphatic heterocycles. The molecular formula is C18H16ClFN2O2. The first-order chi connectivity index (χ1) is 11.5. The molecule has 0 saturated heterocycles. The summed E-state index contributed by atoms with van der Waals surface area (Å²) in [5.41, 5.74) is -0.148. The maximum atomic E-state index is 13.6. The first-order valence-corrected chi connectivity index (χ1v) is 7.98. The van der Waals surface area contributed by atoms with Crippen LogP contribution in [0.3, 0.4) is 0 Å². The Morgan fingerprint density at radius 2 is 1.83 bits per heavy atom. The van der Waals surface area contributed by atoms with Crippen molar-refractivity contribution in [3.63, 3.8) is 0 Å². The molecule has 2 aromatic carbocycles. The van der Waals surface area contributed by atoms with Crippen molar-refractivity contribution in [2.45, 2.75) is 19.4 Å². The van der Waals surface area contributed by atoms with Crippen molar-refractivity contribution in [2.75, 3.05) is 5.32 Å². The molecule has 124 valence electrons. The van der Waals surface area contributed by atoms with Gasteiger partial charge in [-0.25, -0.2) is 4.39 Å². The molecule has 2 amide bonds. The minimum Gasteiger partial charge on any atom is -0.351 e. The summed E-state index contributed by atoms with van der Waals surface area (Å²) in [6.07, 6.45) is 0.949. The molecule has 0 heterocycles. The van der Waals surface area contributed by atoms with Crippen LogP contribution in [-0.2, 0) is 16.1 Å². The Kier molecular flexibility index (Phi) is 4.53. The number of benzene rings is 2. The number of rotatable bonds is 5. The second-order valence-corrected chi connectivity index (χ2v) is 6.26. The lowest BCUT2D eigenvalue weighted by atomic mass is 10.0. The zero-order valence-electron chi connectivity index (χ0n) is 12.8. The van der Waals surface area contributed by atoms with Crippen LogP contribution in [0.4, 0.5) is 10.1 Å². The molecule has 1 saturated carbocycles. The molecule has 1 fully saturated rings. The average molecular weight is 347 g/mol. The molecule has 1 aliphatic rings. The molecule has 0 aromatic heterocycles. The summed E-state index contributed by atoms with van der Waals surface area (Å²) in [6, 6.07) is 13.0. The van der Waals surface area contributed by atoms with Crippen molar-refractivity contribution in [1.82, 2.24) is 5.32 Å². The molecule has 2 N–H and O–H groups in total. The second-order valence-electron chi connectivity index (χ2n) is 5.82. The summed E-state index contributed by atoms with van der Waals surface area (Å²) in [5.74, 6) is -1.13. The maximum absolute atomic E-state index is 13.6. The van der Waals surface area contributed by atoms with Crippen LogP contribution in [-0.4, -0.2) is 11.8 Å². The number of hydrogen-bond donors (Lipinski definition) is 2. The number of hydrogen-bond acceptors (Lipinski definition) is 2. The highest BCUT2D eigenvalue weighted by molar-refractivity contribution is 6.31. The normalized spacial score (nSPS) is 14.8. The fraction of sp³-hybridized carbons (Fsp3) is 0.222. The largest absolute Gasteiger partial charge is 0.351 e. The van der Waals surface area contributed by atoms with E-state index in [9.17, 15) is 14.0 Å². The number of carbonyl (C=O) groups excluding carboxylic acids is 2. The highest BCUT2D eigenvalue weighted by Gasteiger charge is 2.56. The van der Waals surface area contributed by atoms with Crippen molar-refractivity contribution in [2.24, 2.45) is 5.41 Å². The average Bonchev–Trinajstić information content (AvgIpc) is 3.36. The summed E-state index contributed by atoms with van der Waals surface area (Å²) in [4.78, 5) is 24.8. The van der Waals surface area contributed by atoms with Crippen molar-refractivity contribution in [1.29, 1.82) is 0 Å². The maximum Gasteiger partial charge on any atom is 0.240 e. The molecule has 0 spiro atoms. The van der Waals surface area contributed by atoms with Crippen molar-refractivity contribution in [3.05, 3.63) is 64.9 Å². The number of nitrogens with one attached hydrogen (secondary N) is 2. The number of halogens is 2. The molecule has 1 aliphatic carbocycles. The Labute approximate surface area is 144 Å². The predicted molar refractivity (Wildman–Crippen MR) is 90.0 cm³/mol. The smallest absolute Gasteiger partial charge is 0.240 e. The predicted octanol–water partition coefficient (Wildman–Crippen LogP) is 3.51. The monoisotopic (exact) mass is 346 g/mol. The Balaban J connectivity index is 1.63. The van der Waals surface area contributed by atoms with Gasteiger partial charge in [-0.2, -0.15) is 0 Å².